The molecule has 0 spiro atoms. The van der Waals surface area contributed by atoms with Crippen molar-refractivity contribution in [2.24, 2.45) is 5.73 Å². The van der Waals surface area contributed by atoms with Crippen LogP contribution in [0.4, 0.5) is 13.2 Å². The molecule has 2 atom stereocenters. The highest BCUT2D eigenvalue weighted by atomic mass is 19.4. The van der Waals surface area contributed by atoms with Crippen LogP contribution < -0.4 is 15.2 Å². The summed E-state index contributed by atoms with van der Waals surface area (Å²) in [4.78, 5) is 2.19. The van der Waals surface area contributed by atoms with Crippen molar-refractivity contribution in [3.05, 3.63) is 59.7 Å². The van der Waals surface area contributed by atoms with Crippen LogP contribution in [0.15, 0.2) is 48.5 Å². The van der Waals surface area contributed by atoms with E-state index in [4.69, 9.17) is 10.5 Å². The smallest absolute Gasteiger partial charge is 0.496 e. The Bertz CT molecular complexity index is 753. The molecule has 0 aromatic heterocycles. The van der Waals surface area contributed by atoms with Gasteiger partial charge in [-0.15, -0.1) is 13.2 Å². The second kappa shape index (κ2) is 8.19. The molecular formula is C20H23F3N2O2. The third-order valence-corrected chi connectivity index (χ3v) is 4.78. The quantitative estimate of drug-likeness (QED) is 0.842. The van der Waals surface area contributed by atoms with Crippen molar-refractivity contribution in [1.29, 1.82) is 0 Å². The van der Waals surface area contributed by atoms with E-state index in [1.165, 1.54) is 25.3 Å². The van der Waals surface area contributed by atoms with Crippen molar-refractivity contribution in [2.75, 3.05) is 13.7 Å². The van der Waals surface area contributed by atoms with E-state index in [0.717, 1.165) is 24.9 Å². The maximum absolute atomic E-state index is 12.6. The lowest BCUT2D eigenvalue weighted by molar-refractivity contribution is -0.274. The summed E-state index contributed by atoms with van der Waals surface area (Å²) < 4.78 is 47.1. The van der Waals surface area contributed by atoms with E-state index in [9.17, 15) is 13.2 Å². The number of piperidine rings is 1. The van der Waals surface area contributed by atoms with E-state index in [-0.39, 0.29) is 17.8 Å². The van der Waals surface area contributed by atoms with Crippen LogP contribution in [0, 0.1) is 0 Å². The lowest BCUT2D eigenvalue weighted by Crippen LogP contribution is -2.45. The van der Waals surface area contributed by atoms with Gasteiger partial charge in [-0.05, 0) is 43.1 Å². The Hall–Kier alpha value is -2.25. The molecule has 1 aliphatic heterocycles. The lowest BCUT2D eigenvalue weighted by atomic mass is 9.90. The highest BCUT2D eigenvalue weighted by Gasteiger charge is 2.33. The number of rotatable bonds is 5. The minimum atomic E-state index is -4.73. The number of hydrogen-bond donors (Lipinski definition) is 1. The summed E-state index contributed by atoms with van der Waals surface area (Å²) in [6, 6.07) is 14.0. The topological polar surface area (TPSA) is 47.7 Å². The van der Waals surface area contributed by atoms with Gasteiger partial charge in [-0.2, -0.15) is 0 Å². The predicted molar refractivity (Wildman–Crippen MR) is 96.5 cm³/mol. The normalized spacial score (nSPS) is 21.1. The summed E-state index contributed by atoms with van der Waals surface area (Å²) in [7, 11) is 1.50. The summed E-state index contributed by atoms with van der Waals surface area (Å²) in [5.41, 5.74) is 8.13. The van der Waals surface area contributed by atoms with E-state index in [1.807, 2.05) is 30.3 Å². The number of hydrogen-bond acceptors (Lipinski definition) is 4. The van der Waals surface area contributed by atoms with Crippen molar-refractivity contribution in [3.63, 3.8) is 0 Å². The molecule has 1 fully saturated rings. The van der Waals surface area contributed by atoms with Gasteiger partial charge in [0, 0.05) is 18.2 Å². The Balaban J connectivity index is 1.88. The third kappa shape index (κ3) is 4.93. The van der Waals surface area contributed by atoms with Crippen LogP contribution in [-0.2, 0) is 6.54 Å². The van der Waals surface area contributed by atoms with Gasteiger partial charge in [-0.1, -0.05) is 30.3 Å². The van der Waals surface area contributed by atoms with Crippen LogP contribution >= 0.6 is 0 Å². The average molecular weight is 380 g/mol. The van der Waals surface area contributed by atoms with Gasteiger partial charge in [0.25, 0.3) is 0 Å². The van der Waals surface area contributed by atoms with Gasteiger partial charge in [0.1, 0.15) is 11.5 Å². The molecule has 0 amide bonds. The first-order chi connectivity index (χ1) is 12.9. The van der Waals surface area contributed by atoms with Crippen LogP contribution in [0.25, 0.3) is 0 Å². The Labute approximate surface area is 156 Å². The molecule has 2 N–H and O–H groups in total. The van der Waals surface area contributed by atoms with Crippen LogP contribution in [0.5, 0.6) is 11.5 Å². The molecule has 0 saturated carbocycles. The van der Waals surface area contributed by atoms with Gasteiger partial charge in [0.15, 0.2) is 0 Å². The van der Waals surface area contributed by atoms with Crippen LogP contribution in [-0.4, -0.2) is 31.0 Å². The van der Waals surface area contributed by atoms with E-state index in [2.05, 4.69) is 9.64 Å². The molecule has 0 unspecified atom stereocenters. The van der Waals surface area contributed by atoms with Crippen molar-refractivity contribution in [1.82, 2.24) is 4.90 Å². The number of methoxy groups -OCH3 is 1. The second-order valence-corrected chi connectivity index (χ2v) is 6.65. The number of ether oxygens (including phenoxy) is 2. The number of likely N-dealkylation sites (tertiary alicyclic amines) is 1. The number of halogens is 3. The summed E-state index contributed by atoms with van der Waals surface area (Å²) in [5.74, 6) is 0.270. The molecule has 2 aromatic rings. The lowest BCUT2D eigenvalue weighted by Gasteiger charge is -2.40. The Kier molecular flexibility index (Phi) is 5.92. The van der Waals surface area contributed by atoms with E-state index >= 15 is 0 Å². The minimum Gasteiger partial charge on any atom is -0.496 e. The molecule has 2 aromatic carbocycles. The zero-order chi connectivity index (χ0) is 19.4. The zero-order valence-electron chi connectivity index (χ0n) is 15.1. The summed E-state index contributed by atoms with van der Waals surface area (Å²) in [6.45, 7) is 1.23. The molecule has 7 heteroatoms. The first-order valence-electron chi connectivity index (χ1n) is 8.84. The van der Waals surface area contributed by atoms with Crippen molar-refractivity contribution < 1.29 is 22.6 Å². The maximum Gasteiger partial charge on any atom is 0.573 e. The van der Waals surface area contributed by atoms with Gasteiger partial charge < -0.3 is 15.2 Å². The summed E-state index contributed by atoms with van der Waals surface area (Å²) >= 11 is 0. The van der Waals surface area contributed by atoms with E-state index < -0.39 is 6.36 Å². The van der Waals surface area contributed by atoms with Crippen molar-refractivity contribution >= 4 is 0 Å². The fourth-order valence-electron chi connectivity index (χ4n) is 3.68. The molecule has 3 rings (SSSR count). The highest BCUT2D eigenvalue weighted by Crippen LogP contribution is 2.35. The molecule has 1 heterocycles. The number of nitrogens with two attached hydrogens (primary N) is 1. The first-order valence-corrected chi connectivity index (χ1v) is 8.84. The van der Waals surface area contributed by atoms with Crippen molar-refractivity contribution in [2.45, 2.75) is 37.8 Å². The molecule has 0 bridgehead atoms. The van der Waals surface area contributed by atoms with E-state index in [0.29, 0.717) is 17.9 Å². The van der Waals surface area contributed by atoms with Crippen LogP contribution in [0.2, 0.25) is 0 Å². The van der Waals surface area contributed by atoms with Crippen LogP contribution in [0.1, 0.15) is 30.0 Å². The second-order valence-electron chi connectivity index (χ2n) is 6.65. The first kappa shape index (κ1) is 19.5. The molecular weight excluding hydrogens is 357 g/mol. The Morgan fingerprint density at radius 3 is 2.56 bits per heavy atom. The predicted octanol–water partition coefficient (Wildman–Crippen LogP) is 4.26. The molecule has 27 heavy (non-hydrogen) atoms. The largest absolute Gasteiger partial charge is 0.573 e. The zero-order valence-corrected chi connectivity index (χ0v) is 15.1. The number of nitrogens with zero attached hydrogens (tertiary/aromatic N) is 1. The standard InChI is InChI=1S/C20H23F3N2O2/c1-26-18-10-9-16(27-20(21,22)23)12-15(18)13-25-11-5-8-17(24)19(25)14-6-3-2-4-7-14/h2-4,6-7,9-10,12,17,19H,5,8,11,13,24H2,1H3/t17-,19-/m0/s1. The minimum absolute atomic E-state index is 0.00292. The van der Waals surface area contributed by atoms with Gasteiger partial charge >= 0.3 is 6.36 Å². The van der Waals surface area contributed by atoms with Crippen molar-refractivity contribution in [3.8, 4) is 11.5 Å². The Morgan fingerprint density at radius 2 is 1.89 bits per heavy atom. The molecule has 4 nitrogen and oxygen atoms in total. The molecule has 1 saturated heterocycles. The number of benzene rings is 2. The van der Waals surface area contributed by atoms with Crippen LogP contribution in [0.3, 0.4) is 0 Å². The number of alkyl halides is 3. The van der Waals surface area contributed by atoms with E-state index in [1.54, 1.807) is 0 Å². The average Bonchev–Trinajstić information content (AvgIpc) is 2.61. The molecule has 0 radical (unpaired) electrons. The van der Waals surface area contributed by atoms with Gasteiger partial charge in [0.2, 0.25) is 0 Å². The molecule has 1 aliphatic rings. The molecule has 0 aliphatic carbocycles. The highest BCUT2D eigenvalue weighted by molar-refractivity contribution is 5.40. The summed E-state index contributed by atoms with van der Waals surface area (Å²) in [6.07, 6.45) is -2.89. The fourth-order valence-corrected chi connectivity index (χ4v) is 3.68. The Morgan fingerprint density at radius 1 is 1.15 bits per heavy atom. The SMILES string of the molecule is COc1ccc(OC(F)(F)F)cc1CN1CCC[C@H](N)[C@@H]1c1ccccc1. The van der Waals surface area contributed by atoms with Gasteiger partial charge in [-0.25, -0.2) is 0 Å². The molecule has 146 valence electrons. The van der Waals surface area contributed by atoms with Gasteiger partial charge in [-0.3, -0.25) is 4.90 Å². The third-order valence-electron chi connectivity index (χ3n) is 4.78. The fraction of sp³-hybridized carbons (Fsp3) is 0.400. The summed E-state index contributed by atoms with van der Waals surface area (Å²) in [5, 5.41) is 0. The maximum atomic E-state index is 12.6. The van der Waals surface area contributed by atoms with Gasteiger partial charge in [0.05, 0.1) is 13.2 Å². The monoisotopic (exact) mass is 380 g/mol.